The van der Waals surface area contributed by atoms with Crippen LogP contribution in [0, 0.1) is 0 Å². The summed E-state index contributed by atoms with van der Waals surface area (Å²) in [7, 11) is 4.00. The van der Waals surface area contributed by atoms with Gasteiger partial charge in [-0.25, -0.2) is 0 Å². The maximum absolute atomic E-state index is 4.55. The zero-order valence-electron chi connectivity index (χ0n) is 12.1. The molecule has 1 aliphatic heterocycles. The van der Waals surface area contributed by atoms with Crippen molar-refractivity contribution in [2.75, 3.05) is 13.1 Å². The van der Waals surface area contributed by atoms with Crippen LogP contribution < -0.4 is 0 Å². The average molecular weight is 287 g/mol. The molecule has 0 aromatic heterocycles. The van der Waals surface area contributed by atoms with Gasteiger partial charge in [-0.15, -0.1) is 0 Å². The highest BCUT2D eigenvalue weighted by Gasteiger charge is 2.32. The second-order valence-corrected chi connectivity index (χ2v) is 7.74. The molecule has 0 amide bonds. The van der Waals surface area contributed by atoms with Gasteiger partial charge in [0.25, 0.3) is 0 Å². The normalized spacial score (nSPS) is 22.9. The third kappa shape index (κ3) is 4.02. The van der Waals surface area contributed by atoms with Crippen molar-refractivity contribution in [2.45, 2.75) is 62.9 Å². The van der Waals surface area contributed by atoms with Gasteiger partial charge < -0.3 is 0 Å². The van der Waals surface area contributed by atoms with Crippen molar-refractivity contribution >= 4 is 34.0 Å². The number of nitrogens with zero attached hydrogens (tertiary/aromatic N) is 2. The lowest BCUT2D eigenvalue weighted by molar-refractivity contribution is 0.696. The van der Waals surface area contributed by atoms with E-state index in [-0.39, 0.29) is 9.49 Å². The Kier molecular flexibility index (Phi) is 6.78. The zero-order valence-corrected chi connectivity index (χ0v) is 13.7. The molecule has 2 nitrogen and oxygen atoms in total. The van der Waals surface area contributed by atoms with Crippen molar-refractivity contribution in [1.82, 2.24) is 0 Å². The summed E-state index contributed by atoms with van der Waals surface area (Å²) in [6, 6.07) is 0. The Morgan fingerprint density at radius 1 is 0.778 bits per heavy atom. The molecule has 1 rings (SSSR count). The molecular formula is C14H26N2S2. The molecular weight excluding hydrogens is 260 g/mol. The molecule has 0 aromatic carbocycles. The van der Waals surface area contributed by atoms with Gasteiger partial charge in [-0.3, -0.25) is 9.98 Å². The average Bonchev–Trinajstić information content (AvgIpc) is 2.44. The van der Waals surface area contributed by atoms with Gasteiger partial charge in [-0.1, -0.05) is 49.3 Å². The van der Waals surface area contributed by atoms with Crippen LogP contribution in [0.25, 0.3) is 0 Å². The Bertz CT molecular complexity index is 262. The predicted octanol–water partition coefficient (Wildman–Crippen LogP) is 4.64. The van der Waals surface area contributed by atoms with Gasteiger partial charge in [-0.05, 0) is 25.7 Å². The first-order chi connectivity index (χ1) is 8.66. The van der Waals surface area contributed by atoms with Crippen molar-refractivity contribution in [3.63, 3.8) is 0 Å². The summed E-state index contributed by atoms with van der Waals surface area (Å²) in [4.78, 5) is 9.11. The molecule has 1 aliphatic rings. The first-order valence-corrected chi connectivity index (χ1v) is 9.19. The summed E-state index contributed by atoms with van der Waals surface area (Å²) in [5.74, 6) is 0. The van der Waals surface area contributed by atoms with Crippen molar-refractivity contribution in [3.05, 3.63) is 0 Å². The molecule has 0 N–H and O–H groups in total. The van der Waals surface area contributed by atoms with Gasteiger partial charge in [0.2, 0.25) is 0 Å². The Morgan fingerprint density at radius 3 is 1.39 bits per heavy atom. The summed E-state index contributed by atoms with van der Waals surface area (Å²) in [5, 5.41) is 0. The third-order valence-electron chi connectivity index (χ3n) is 3.78. The number of hydrogen-bond donors (Lipinski definition) is 0. The van der Waals surface area contributed by atoms with Crippen LogP contribution in [0.1, 0.15) is 53.4 Å². The molecule has 0 aromatic rings. The van der Waals surface area contributed by atoms with Crippen LogP contribution in [0.4, 0.5) is 0 Å². The first kappa shape index (κ1) is 16.1. The van der Waals surface area contributed by atoms with E-state index < -0.39 is 0 Å². The van der Waals surface area contributed by atoms with Crippen LogP contribution in [0.15, 0.2) is 9.98 Å². The van der Waals surface area contributed by atoms with Crippen molar-refractivity contribution in [3.8, 4) is 0 Å². The van der Waals surface area contributed by atoms with E-state index in [4.69, 9.17) is 0 Å². The molecule has 18 heavy (non-hydrogen) atoms. The smallest absolute Gasteiger partial charge is 0.0605 e. The first-order valence-electron chi connectivity index (χ1n) is 7.04. The molecule has 1 heterocycles. The molecule has 0 radical (unpaired) electrons. The van der Waals surface area contributed by atoms with Crippen LogP contribution in [-0.4, -0.2) is 35.0 Å². The quantitative estimate of drug-likeness (QED) is 0.703. The standard InChI is InChI=1S/C14H26N2S2/c1-5-13(6-2)11-15-9-10-16-12-14(7-3,8-4)18-17-13/h11-12H,5-10H2,1-4H3. The van der Waals surface area contributed by atoms with Gasteiger partial charge in [0.15, 0.2) is 0 Å². The van der Waals surface area contributed by atoms with Crippen LogP contribution >= 0.6 is 21.6 Å². The molecule has 0 aliphatic carbocycles. The Labute approximate surface area is 120 Å². The predicted molar refractivity (Wildman–Crippen MR) is 88.5 cm³/mol. The van der Waals surface area contributed by atoms with E-state index in [0.717, 1.165) is 38.8 Å². The lowest BCUT2D eigenvalue weighted by Gasteiger charge is -2.33. The largest absolute Gasteiger partial charge is 0.294 e. The van der Waals surface area contributed by atoms with Gasteiger partial charge in [0.1, 0.15) is 0 Å². The SMILES string of the molecule is CCC1(CC)C=NCCN=CC(CC)(CC)SS1. The summed E-state index contributed by atoms with van der Waals surface area (Å²) < 4.78 is 0.400. The van der Waals surface area contributed by atoms with Crippen LogP contribution in [0.2, 0.25) is 0 Å². The van der Waals surface area contributed by atoms with Crippen LogP contribution in [-0.2, 0) is 0 Å². The molecule has 0 bridgehead atoms. The lowest BCUT2D eigenvalue weighted by atomic mass is 10.0. The molecule has 0 spiro atoms. The number of rotatable bonds is 4. The van der Waals surface area contributed by atoms with Crippen molar-refractivity contribution < 1.29 is 0 Å². The molecule has 0 atom stereocenters. The second-order valence-electron chi connectivity index (χ2n) is 4.78. The van der Waals surface area contributed by atoms with E-state index in [1.807, 2.05) is 21.6 Å². The minimum Gasteiger partial charge on any atom is -0.294 e. The number of hydrogen-bond acceptors (Lipinski definition) is 4. The van der Waals surface area contributed by atoms with E-state index in [1.54, 1.807) is 0 Å². The van der Waals surface area contributed by atoms with Gasteiger partial charge in [0, 0.05) is 12.4 Å². The highest BCUT2D eigenvalue weighted by Crippen LogP contribution is 2.48. The second kappa shape index (κ2) is 7.59. The lowest BCUT2D eigenvalue weighted by Crippen LogP contribution is -2.29. The summed E-state index contributed by atoms with van der Waals surface area (Å²) in [5.41, 5.74) is 0. The third-order valence-corrected chi connectivity index (χ3v) is 8.13. The molecule has 0 unspecified atom stereocenters. The molecule has 4 heteroatoms. The van der Waals surface area contributed by atoms with Gasteiger partial charge in [-0.2, -0.15) is 0 Å². The van der Waals surface area contributed by atoms with E-state index in [0.29, 0.717) is 0 Å². The van der Waals surface area contributed by atoms with Crippen molar-refractivity contribution in [1.29, 1.82) is 0 Å². The van der Waals surface area contributed by atoms with Gasteiger partial charge >= 0.3 is 0 Å². The monoisotopic (exact) mass is 286 g/mol. The molecule has 0 saturated carbocycles. The van der Waals surface area contributed by atoms with E-state index in [9.17, 15) is 0 Å². The Balaban J connectivity index is 2.92. The molecule has 104 valence electrons. The van der Waals surface area contributed by atoms with Gasteiger partial charge in [0.05, 0.1) is 22.6 Å². The summed E-state index contributed by atoms with van der Waals surface area (Å²) >= 11 is 0. The zero-order chi connectivity index (χ0) is 13.5. The maximum atomic E-state index is 4.55. The number of aliphatic imine (C=N–C) groups is 2. The van der Waals surface area contributed by atoms with Crippen LogP contribution in [0.3, 0.4) is 0 Å². The minimum absolute atomic E-state index is 0.200. The van der Waals surface area contributed by atoms with E-state index in [2.05, 4.69) is 50.1 Å². The summed E-state index contributed by atoms with van der Waals surface area (Å²) in [6.07, 6.45) is 8.94. The van der Waals surface area contributed by atoms with Crippen molar-refractivity contribution in [2.24, 2.45) is 9.98 Å². The van der Waals surface area contributed by atoms with Crippen LogP contribution in [0.5, 0.6) is 0 Å². The fourth-order valence-corrected chi connectivity index (χ4v) is 5.59. The minimum atomic E-state index is 0.200. The summed E-state index contributed by atoms with van der Waals surface area (Å²) in [6.45, 7) is 10.7. The molecule has 0 fully saturated rings. The maximum Gasteiger partial charge on any atom is 0.0605 e. The topological polar surface area (TPSA) is 24.7 Å². The highest BCUT2D eigenvalue weighted by molar-refractivity contribution is 8.78. The Morgan fingerprint density at radius 2 is 1.11 bits per heavy atom. The highest BCUT2D eigenvalue weighted by atomic mass is 33.1. The fourth-order valence-electron chi connectivity index (χ4n) is 1.89. The molecule has 0 saturated heterocycles. The Hall–Kier alpha value is 0.0400. The van der Waals surface area contributed by atoms with E-state index >= 15 is 0 Å². The van der Waals surface area contributed by atoms with E-state index in [1.165, 1.54) is 0 Å². The fraction of sp³-hybridized carbons (Fsp3) is 0.857.